The van der Waals surface area contributed by atoms with Crippen LogP contribution in [-0.2, 0) is 33.4 Å². The predicted octanol–water partition coefficient (Wildman–Crippen LogP) is 7.68. The van der Waals surface area contributed by atoms with Crippen molar-refractivity contribution in [1.82, 2.24) is 9.55 Å². The second-order valence-electron chi connectivity index (χ2n) is 13.2. The first-order valence-electron chi connectivity index (χ1n) is 16.3. The first kappa shape index (κ1) is 40.7. The standard InChI is InChI=1S/C35H41F6N3O5S2/c1-33(2,18-30(47)42-29-12-15-44(32(48)43-29)31-17-27(46)28(19-45)49-31)14-11-26(51-21-23-5-9-25(10-6-23)35(39,40)41)13-16-50-20-22-3-7-24(8-4-22)34(36,37)38/h3-10,12,15,26-28,31,45-46H,11,13-14,16-21H2,1-2H3,(H,42,43,47,48)/t26?,27?,28-,31-/m1/s1. The number of hydrogen-bond donors (Lipinski definition) is 3. The minimum absolute atomic E-state index is 0.0596. The third kappa shape index (κ3) is 12.5. The maximum atomic E-state index is 13.0. The lowest BCUT2D eigenvalue weighted by Crippen LogP contribution is -2.29. The summed E-state index contributed by atoms with van der Waals surface area (Å²) in [4.78, 5) is 29.5. The number of carbonyl (C=O) groups is 1. The molecule has 1 aliphatic heterocycles. The number of amides is 1. The van der Waals surface area contributed by atoms with E-state index in [0.717, 1.165) is 41.8 Å². The van der Waals surface area contributed by atoms with Gasteiger partial charge in [-0.2, -0.15) is 54.9 Å². The second-order valence-corrected chi connectivity index (χ2v) is 15.6. The normalized spacial score (nSPS) is 18.9. The first-order valence-corrected chi connectivity index (χ1v) is 18.5. The average Bonchev–Trinajstić information content (AvgIpc) is 3.43. The van der Waals surface area contributed by atoms with Crippen LogP contribution in [0.3, 0.4) is 0 Å². The number of anilines is 1. The number of ether oxygens (including phenoxy) is 1. The fourth-order valence-electron chi connectivity index (χ4n) is 5.52. The van der Waals surface area contributed by atoms with Crippen molar-refractivity contribution in [3.8, 4) is 0 Å². The van der Waals surface area contributed by atoms with Crippen molar-refractivity contribution >= 4 is 35.2 Å². The molecule has 1 aliphatic rings. The van der Waals surface area contributed by atoms with Gasteiger partial charge in [0.2, 0.25) is 5.91 Å². The molecule has 8 nitrogen and oxygen atoms in total. The van der Waals surface area contributed by atoms with Crippen molar-refractivity contribution < 1.29 is 46.1 Å². The first-order chi connectivity index (χ1) is 23.9. The van der Waals surface area contributed by atoms with Crippen LogP contribution in [0.1, 0.15) is 74.4 Å². The summed E-state index contributed by atoms with van der Waals surface area (Å²) >= 11 is 3.19. The van der Waals surface area contributed by atoms with E-state index in [-0.39, 0.29) is 29.8 Å². The molecule has 3 N–H and O–H groups in total. The summed E-state index contributed by atoms with van der Waals surface area (Å²) < 4.78 is 84.5. The molecule has 2 unspecified atom stereocenters. The molecular formula is C35H41F6N3O5S2. The summed E-state index contributed by atoms with van der Waals surface area (Å²) in [5.41, 5.74) is -1.07. The number of alkyl halides is 6. The van der Waals surface area contributed by atoms with Crippen molar-refractivity contribution in [1.29, 1.82) is 0 Å². The molecule has 280 valence electrons. The highest BCUT2D eigenvalue weighted by Gasteiger charge is 2.35. The van der Waals surface area contributed by atoms with Crippen LogP contribution in [-0.4, -0.2) is 55.5 Å². The third-order valence-corrected chi connectivity index (χ3v) is 11.0. The number of nitrogens with zero attached hydrogens (tertiary/aromatic N) is 2. The molecule has 0 aliphatic carbocycles. The van der Waals surface area contributed by atoms with E-state index in [2.05, 4.69) is 10.3 Å². The molecule has 4 atom stereocenters. The molecule has 2 heterocycles. The Bertz CT molecular complexity index is 1640. The van der Waals surface area contributed by atoms with Gasteiger partial charge in [0.1, 0.15) is 18.1 Å². The summed E-state index contributed by atoms with van der Waals surface area (Å²) in [5.74, 6) is 1.42. The smallest absolute Gasteiger partial charge is 0.394 e. The fourth-order valence-corrected chi connectivity index (χ4v) is 7.89. The molecule has 0 bridgehead atoms. The van der Waals surface area contributed by atoms with E-state index in [1.807, 2.05) is 13.8 Å². The van der Waals surface area contributed by atoms with Gasteiger partial charge in [-0.3, -0.25) is 9.36 Å². The maximum absolute atomic E-state index is 13.0. The molecule has 16 heteroatoms. The Morgan fingerprint density at radius 3 is 2.08 bits per heavy atom. The van der Waals surface area contributed by atoms with Gasteiger partial charge < -0.3 is 20.3 Å². The molecule has 4 rings (SSSR count). The van der Waals surface area contributed by atoms with Gasteiger partial charge in [0.15, 0.2) is 0 Å². The minimum Gasteiger partial charge on any atom is -0.394 e. The molecule has 51 heavy (non-hydrogen) atoms. The fraction of sp³-hybridized carbons (Fsp3) is 0.514. The van der Waals surface area contributed by atoms with E-state index in [1.54, 1.807) is 23.5 Å². The Balaban J connectivity index is 1.31. The molecule has 0 saturated carbocycles. The Morgan fingerprint density at radius 1 is 0.961 bits per heavy atom. The van der Waals surface area contributed by atoms with Gasteiger partial charge in [-0.05, 0) is 71.9 Å². The third-order valence-electron chi connectivity index (χ3n) is 8.48. The zero-order valence-corrected chi connectivity index (χ0v) is 29.7. The van der Waals surface area contributed by atoms with Crippen LogP contribution in [0.25, 0.3) is 0 Å². The molecule has 0 radical (unpaired) electrons. The SMILES string of the molecule is CC(C)(CCC(CCSCc1ccc(C(F)(F)F)cc1)SCc1ccc(C(F)(F)F)cc1)CC(=O)Nc1ccn([C@H]2CC(O)[C@@H](CO)O2)c(=O)n1. The highest BCUT2D eigenvalue weighted by atomic mass is 32.2. The van der Waals surface area contributed by atoms with Crippen LogP contribution in [0.4, 0.5) is 32.2 Å². The van der Waals surface area contributed by atoms with Crippen molar-refractivity contribution in [3.63, 3.8) is 0 Å². The van der Waals surface area contributed by atoms with Crippen LogP contribution >= 0.6 is 23.5 Å². The maximum Gasteiger partial charge on any atom is 0.416 e. The van der Waals surface area contributed by atoms with Crippen LogP contribution in [0.2, 0.25) is 0 Å². The Labute approximate surface area is 300 Å². The minimum atomic E-state index is -4.42. The summed E-state index contributed by atoms with van der Waals surface area (Å²) in [6.45, 7) is 3.48. The number of thioether (sulfide) groups is 2. The highest BCUT2D eigenvalue weighted by Crippen LogP contribution is 2.35. The monoisotopic (exact) mass is 761 g/mol. The topological polar surface area (TPSA) is 114 Å². The van der Waals surface area contributed by atoms with Gasteiger partial charge in [-0.1, -0.05) is 38.1 Å². The van der Waals surface area contributed by atoms with Gasteiger partial charge in [-0.25, -0.2) is 4.79 Å². The Hall–Kier alpha value is -3.05. The van der Waals surface area contributed by atoms with Gasteiger partial charge in [-0.15, -0.1) is 0 Å². The van der Waals surface area contributed by atoms with E-state index in [9.17, 15) is 46.1 Å². The lowest BCUT2D eigenvalue weighted by molar-refractivity contribution is -0.138. The Morgan fingerprint density at radius 2 is 1.55 bits per heavy atom. The van der Waals surface area contributed by atoms with Crippen LogP contribution in [0, 0.1) is 5.41 Å². The zero-order chi connectivity index (χ0) is 37.4. The van der Waals surface area contributed by atoms with E-state index in [1.165, 1.54) is 41.1 Å². The molecule has 2 aromatic carbocycles. The quantitative estimate of drug-likeness (QED) is 0.101. The van der Waals surface area contributed by atoms with Gasteiger partial charge in [0.25, 0.3) is 0 Å². The number of halogens is 6. The Kier molecular flexibility index (Phi) is 14.1. The van der Waals surface area contributed by atoms with E-state index in [4.69, 9.17) is 4.74 Å². The van der Waals surface area contributed by atoms with E-state index < -0.39 is 59.6 Å². The summed E-state index contributed by atoms with van der Waals surface area (Å²) in [5, 5.41) is 22.0. The van der Waals surface area contributed by atoms with Crippen LogP contribution in [0.5, 0.6) is 0 Å². The summed E-state index contributed by atoms with van der Waals surface area (Å²) in [7, 11) is 0. The molecular weight excluding hydrogens is 721 g/mol. The largest absolute Gasteiger partial charge is 0.416 e. The number of hydrogen-bond acceptors (Lipinski definition) is 8. The number of aliphatic hydroxyl groups is 2. The summed E-state index contributed by atoms with van der Waals surface area (Å²) in [6.07, 6.45) is -7.66. The van der Waals surface area contributed by atoms with E-state index in [0.29, 0.717) is 30.1 Å². The van der Waals surface area contributed by atoms with Crippen molar-refractivity contribution in [2.75, 3.05) is 17.7 Å². The molecule has 1 aromatic heterocycles. The van der Waals surface area contributed by atoms with Crippen molar-refractivity contribution in [2.24, 2.45) is 5.41 Å². The number of nitrogens with one attached hydrogen (secondary N) is 1. The number of aromatic nitrogens is 2. The number of carbonyl (C=O) groups excluding carboxylic acids is 1. The van der Waals surface area contributed by atoms with Crippen LogP contribution in [0.15, 0.2) is 65.6 Å². The van der Waals surface area contributed by atoms with Crippen molar-refractivity contribution in [3.05, 3.63) is 93.5 Å². The molecule has 1 amide bonds. The average molecular weight is 762 g/mol. The zero-order valence-electron chi connectivity index (χ0n) is 28.0. The van der Waals surface area contributed by atoms with Gasteiger partial charge in [0.05, 0.1) is 23.8 Å². The van der Waals surface area contributed by atoms with E-state index >= 15 is 0 Å². The lowest BCUT2D eigenvalue weighted by atomic mass is 9.83. The van der Waals surface area contributed by atoms with Gasteiger partial charge >= 0.3 is 18.0 Å². The molecule has 1 fully saturated rings. The number of rotatable bonds is 16. The van der Waals surface area contributed by atoms with Gasteiger partial charge in [0, 0.05) is 35.8 Å². The summed E-state index contributed by atoms with van der Waals surface area (Å²) in [6, 6.07) is 11.5. The van der Waals surface area contributed by atoms with Crippen LogP contribution < -0.4 is 11.0 Å². The predicted molar refractivity (Wildman–Crippen MR) is 185 cm³/mol. The number of aliphatic hydroxyl groups excluding tert-OH is 2. The van der Waals surface area contributed by atoms with Crippen molar-refractivity contribution in [2.45, 2.75) is 93.5 Å². The highest BCUT2D eigenvalue weighted by molar-refractivity contribution is 7.99. The molecule has 0 spiro atoms. The molecule has 1 saturated heterocycles. The molecule has 3 aromatic rings. The lowest BCUT2D eigenvalue weighted by Gasteiger charge is -2.27. The second kappa shape index (κ2) is 17.6. The number of benzene rings is 2.